The molecule has 3 aliphatic heterocycles. The summed E-state index contributed by atoms with van der Waals surface area (Å²) < 4.78 is 35.6. The molecule has 11 nitrogen and oxygen atoms in total. The van der Waals surface area contributed by atoms with Crippen LogP contribution >= 0.6 is 0 Å². The van der Waals surface area contributed by atoms with Crippen LogP contribution in [0.4, 0.5) is 0 Å². The van der Waals surface area contributed by atoms with Crippen LogP contribution in [0.2, 0.25) is 0 Å². The molecular formula is C28H38O11. The van der Waals surface area contributed by atoms with Crippen LogP contribution < -0.4 is 0 Å². The van der Waals surface area contributed by atoms with Crippen molar-refractivity contribution in [1.82, 2.24) is 0 Å². The van der Waals surface area contributed by atoms with E-state index in [1.165, 1.54) is 13.8 Å². The standard InChI is InChI=1S/C28H38O11/c1-8-9-21(31)36-17-11-16(34-14(3)29)13(2)10-20-28(27(7,39-28)24(33)37-20)23(32)22-25(17,5)18(35-15(4)30)12-19-26(22,6)38-19/h10,16-20,22-23,32H,8-9,11-12H2,1-7H3. The zero-order valence-electron chi connectivity index (χ0n) is 23.5. The average molecular weight is 551 g/mol. The van der Waals surface area contributed by atoms with Gasteiger partial charge in [0, 0.05) is 39.0 Å². The first-order valence-corrected chi connectivity index (χ1v) is 13.6. The molecule has 11 unspecified atom stereocenters. The van der Waals surface area contributed by atoms with Gasteiger partial charge in [0.1, 0.15) is 18.3 Å². The molecule has 5 aliphatic rings. The first kappa shape index (κ1) is 28.0. The van der Waals surface area contributed by atoms with E-state index in [1.807, 2.05) is 13.8 Å². The molecule has 5 rings (SSSR count). The molecule has 1 spiro atoms. The number of esters is 4. The van der Waals surface area contributed by atoms with Crippen LogP contribution in [0.3, 0.4) is 0 Å². The smallest absolute Gasteiger partial charge is 0.342 e. The van der Waals surface area contributed by atoms with Gasteiger partial charge in [-0.25, -0.2) is 4.79 Å². The van der Waals surface area contributed by atoms with Gasteiger partial charge in [-0.15, -0.1) is 0 Å². The van der Waals surface area contributed by atoms with Crippen molar-refractivity contribution in [3.05, 3.63) is 11.6 Å². The number of aliphatic hydroxyl groups is 1. The van der Waals surface area contributed by atoms with Gasteiger partial charge in [0.05, 0.1) is 23.2 Å². The van der Waals surface area contributed by atoms with E-state index in [1.54, 1.807) is 26.8 Å². The van der Waals surface area contributed by atoms with Crippen LogP contribution in [0.15, 0.2) is 11.6 Å². The second-order valence-corrected chi connectivity index (χ2v) is 12.1. The van der Waals surface area contributed by atoms with Crippen molar-refractivity contribution in [3.63, 3.8) is 0 Å². The number of hydrogen-bond donors (Lipinski definition) is 1. The van der Waals surface area contributed by atoms with Gasteiger partial charge in [0.25, 0.3) is 0 Å². The third-order valence-corrected chi connectivity index (χ3v) is 9.65. The van der Waals surface area contributed by atoms with Gasteiger partial charge in [-0.2, -0.15) is 0 Å². The van der Waals surface area contributed by atoms with Crippen molar-refractivity contribution in [2.75, 3.05) is 0 Å². The van der Waals surface area contributed by atoms with Crippen molar-refractivity contribution in [1.29, 1.82) is 0 Å². The number of ether oxygens (including phenoxy) is 6. The Bertz CT molecular complexity index is 1130. The average Bonchev–Trinajstić information content (AvgIpc) is 3.66. The molecule has 216 valence electrons. The third kappa shape index (κ3) is 3.94. The van der Waals surface area contributed by atoms with E-state index < -0.39 is 82.5 Å². The number of aliphatic hydroxyl groups excluding tert-OH is 1. The zero-order chi connectivity index (χ0) is 28.7. The molecule has 4 fully saturated rings. The predicted molar refractivity (Wildman–Crippen MR) is 132 cm³/mol. The molecule has 0 aromatic heterocycles. The fourth-order valence-electron chi connectivity index (χ4n) is 7.52. The molecule has 3 heterocycles. The van der Waals surface area contributed by atoms with Gasteiger partial charge in [-0.1, -0.05) is 13.8 Å². The summed E-state index contributed by atoms with van der Waals surface area (Å²) in [5, 5.41) is 12.3. The van der Waals surface area contributed by atoms with Crippen LogP contribution in [-0.4, -0.2) is 82.4 Å². The topological polar surface area (TPSA) is 150 Å². The van der Waals surface area contributed by atoms with Crippen LogP contribution in [-0.2, 0) is 47.6 Å². The third-order valence-electron chi connectivity index (χ3n) is 9.65. The Balaban J connectivity index is 1.72. The minimum atomic E-state index is -1.47. The molecule has 1 saturated carbocycles. The lowest BCUT2D eigenvalue weighted by atomic mass is 9.53. The fraction of sp³-hybridized carbons (Fsp3) is 0.786. The van der Waals surface area contributed by atoms with Crippen molar-refractivity contribution < 1.29 is 52.7 Å². The van der Waals surface area contributed by atoms with Gasteiger partial charge < -0.3 is 33.5 Å². The molecule has 0 bridgehead atoms. The second-order valence-electron chi connectivity index (χ2n) is 12.1. The maximum atomic E-state index is 13.0. The minimum Gasteiger partial charge on any atom is -0.462 e. The molecule has 11 atom stereocenters. The van der Waals surface area contributed by atoms with Gasteiger partial charge in [-0.3, -0.25) is 14.4 Å². The molecule has 0 aromatic carbocycles. The Hall–Kier alpha value is -2.50. The summed E-state index contributed by atoms with van der Waals surface area (Å²) in [4.78, 5) is 50.5. The van der Waals surface area contributed by atoms with Crippen LogP contribution in [0, 0.1) is 11.3 Å². The SMILES string of the molecule is CCCC(=O)OC1CC(OC(C)=O)C(C)=CC2OC(=O)C3(C)OC23C(O)C2C3(C)OC3CC(OC(C)=O)C12C. The molecule has 0 aromatic rings. The highest BCUT2D eigenvalue weighted by Gasteiger charge is 2.88. The lowest BCUT2D eigenvalue weighted by molar-refractivity contribution is -0.209. The summed E-state index contributed by atoms with van der Waals surface area (Å²) in [6.07, 6.45) is -2.62. The Morgan fingerprint density at radius 2 is 1.69 bits per heavy atom. The van der Waals surface area contributed by atoms with Crippen LogP contribution in [0.25, 0.3) is 0 Å². The van der Waals surface area contributed by atoms with E-state index in [9.17, 15) is 24.3 Å². The van der Waals surface area contributed by atoms with Crippen LogP contribution in [0.5, 0.6) is 0 Å². The van der Waals surface area contributed by atoms with Crippen molar-refractivity contribution in [3.8, 4) is 0 Å². The first-order valence-electron chi connectivity index (χ1n) is 13.6. The lowest BCUT2D eigenvalue weighted by Gasteiger charge is -2.53. The molecule has 1 N–H and O–H groups in total. The van der Waals surface area contributed by atoms with E-state index >= 15 is 0 Å². The second kappa shape index (κ2) is 9.01. The van der Waals surface area contributed by atoms with Gasteiger partial charge >= 0.3 is 23.9 Å². The Labute approximate surface area is 227 Å². The number of rotatable bonds is 5. The van der Waals surface area contributed by atoms with Crippen LogP contribution in [0.1, 0.15) is 74.1 Å². The molecule has 2 aliphatic carbocycles. The summed E-state index contributed by atoms with van der Waals surface area (Å²) in [5.41, 5.74) is -4.48. The molecular weight excluding hydrogens is 512 g/mol. The summed E-state index contributed by atoms with van der Waals surface area (Å²) in [6.45, 7) is 11.4. The van der Waals surface area contributed by atoms with E-state index in [4.69, 9.17) is 28.4 Å². The summed E-state index contributed by atoms with van der Waals surface area (Å²) in [5.74, 6) is -2.99. The highest BCUT2D eigenvalue weighted by molar-refractivity contribution is 5.89. The molecule has 39 heavy (non-hydrogen) atoms. The Morgan fingerprint density at radius 3 is 2.28 bits per heavy atom. The Kier molecular flexibility index (Phi) is 6.48. The lowest BCUT2D eigenvalue weighted by Crippen LogP contribution is -2.66. The first-order chi connectivity index (χ1) is 18.1. The van der Waals surface area contributed by atoms with E-state index in [2.05, 4.69) is 0 Å². The van der Waals surface area contributed by atoms with Gasteiger partial charge in [0.2, 0.25) is 0 Å². The molecule has 0 radical (unpaired) electrons. The van der Waals surface area contributed by atoms with E-state index in [0.717, 1.165) is 0 Å². The summed E-state index contributed by atoms with van der Waals surface area (Å²) >= 11 is 0. The number of hydrogen-bond acceptors (Lipinski definition) is 11. The fourth-order valence-corrected chi connectivity index (χ4v) is 7.52. The Morgan fingerprint density at radius 1 is 1.05 bits per heavy atom. The molecule has 11 heteroatoms. The number of carbonyl (C=O) groups is 4. The van der Waals surface area contributed by atoms with Crippen molar-refractivity contribution in [2.24, 2.45) is 11.3 Å². The number of carbonyl (C=O) groups excluding carboxylic acids is 4. The summed E-state index contributed by atoms with van der Waals surface area (Å²) in [7, 11) is 0. The highest BCUT2D eigenvalue weighted by Crippen LogP contribution is 2.69. The summed E-state index contributed by atoms with van der Waals surface area (Å²) in [6, 6.07) is 0. The zero-order valence-corrected chi connectivity index (χ0v) is 23.5. The predicted octanol–water partition coefficient (Wildman–Crippen LogP) is 1.91. The molecule has 0 amide bonds. The quantitative estimate of drug-likeness (QED) is 0.231. The van der Waals surface area contributed by atoms with Crippen molar-refractivity contribution in [2.45, 2.75) is 128 Å². The molecule has 3 saturated heterocycles. The van der Waals surface area contributed by atoms with E-state index in [0.29, 0.717) is 18.4 Å². The maximum absolute atomic E-state index is 13.0. The number of epoxide rings is 2. The minimum absolute atomic E-state index is 0.0292. The van der Waals surface area contributed by atoms with E-state index in [-0.39, 0.29) is 18.9 Å². The van der Waals surface area contributed by atoms with Crippen molar-refractivity contribution >= 4 is 23.9 Å². The normalized spacial score (nSPS) is 47.6. The monoisotopic (exact) mass is 550 g/mol. The maximum Gasteiger partial charge on any atom is 0.342 e. The van der Waals surface area contributed by atoms with Gasteiger partial charge in [-0.05, 0) is 38.8 Å². The van der Waals surface area contributed by atoms with Gasteiger partial charge in [0.15, 0.2) is 17.3 Å². The number of fused-ring (bicyclic) bond motifs is 3. The highest BCUT2D eigenvalue weighted by atomic mass is 16.7. The largest absolute Gasteiger partial charge is 0.462 e.